The van der Waals surface area contributed by atoms with Gasteiger partial charge in [-0.1, -0.05) is 15.9 Å². The largest absolute Gasteiger partial charge is 0.462 e. The highest BCUT2D eigenvalue weighted by Crippen LogP contribution is 2.27. The summed E-state index contributed by atoms with van der Waals surface area (Å²) in [7, 11) is 0. The molecule has 1 N–H and O–H groups in total. The highest BCUT2D eigenvalue weighted by molar-refractivity contribution is 9.10. The van der Waals surface area contributed by atoms with Crippen molar-refractivity contribution >= 4 is 62.8 Å². The van der Waals surface area contributed by atoms with Gasteiger partial charge in [-0.2, -0.15) is 0 Å². The number of thiocarbonyl (C=S) groups is 1. The minimum atomic E-state index is -0.544. The Balaban J connectivity index is 1.69. The molecule has 2 heterocycles. The van der Waals surface area contributed by atoms with Gasteiger partial charge in [0.15, 0.2) is 5.11 Å². The maximum atomic E-state index is 13.3. The number of ether oxygens (including phenoxy) is 1. The summed E-state index contributed by atoms with van der Waals surface area (Å²) in [5.74, 6) is -1.41. The molecule has 1 fully saturated rings. The van der Waals surface area contributed by atoms with Crippen LogP contribution in [0.3, 0.4) is 0 Å². The second-order valence-electron chi connectivity index (χ2n) is 7.86. The number of halogens is 1. The van der Waals surface area contributed by atoms with Gasteiger partial charge in [0.25, 0.3) is 11.8 Å². The quantitative estimate of drug-likeness (QED) is 0.212. The second kappa shape index (κ2) is 9.97. The molecule has 4 rings (SSSR count). The van der Waals surface area contributed by atoms with Gasteiger partial charge in [0, 0.05) is 21.5 Å². The standard InChI is InChI=1S/C26H22BrN3O4S/c1-4-34-25(33)17-5-9-20(10-6-17)29-15(2)13-18(16(29)3)14-22-23(31)28-26(35)30(24(22)32)21-11-7-19(27)8-12-21/h5-14H,4H2,1-3H3,(H,28,31,35)/b22-14+. The van der Waals surface area contributed by atoms with E-state index in [1.165, 1.54) is 4.90 Å². The Morgan fingerprint density at radius 2 is 1.69 bits per heavy atom. The summed E-state index contributed by atoms with van der Waals surface area (Å²) in [6.07, 6.45) is 1.58. The monoisotopic (exact) mass is 551 g/mol. The number of carbonyl (C=O) groups is 3. The Hall–Kier alpha value is -3.56. The molecule has 7 nitrogen and oxygen atoms in total. The lowest BCUT2D eigenvalue weighted by molar-refractivity contribution is -0.122. The maximum Gasteiger partial charge on any atom is 0.338 e. The third-order valence-corrected chi connectivity index (χ3v) is 6.41. The van der Waals surface area contributed by atoms with Gasteiger partial charge in [0.2, 0.25) is 0 Å². The molecule has 0 aliphatic carbocycles. The summed E-state index contributed by atoms with van der Waals surface area (Å²) in [5.41, 5.74) is 4.31. The molecule has 35 heavy (non-hydrogen) atoms. The van der Waals surface area contributed by atoms with E-state index in [1.54, 1.807) is 49.4 Å². The number of carbonyl (C=O) groups excluding carboxylic acids is 3. The van der Waals surface area contributed by atoms with Crippen molar-refractivity contribution in [2.24, 2.45) is 0 Å². The van der Waals surface area contributed by atoms with Gasteiger partial charge in [0.05, 0.1) is 17.9 Å². The van der Waals surface area contributed by atoms with Gasteiger partial charge in [-0.3, -0.25) is 19.8 Å². The van der Waals surface area contributed by atoms with Crippen molar-refractivity contribution in [1.29, 1.82) is 0 Å². The van der Waals surface area contributed by atoms with Crippen molar-refractivity contribution in [2.45, 2.75) is 20.8 Å². The first-order valence-corrected chi connectivity index (χ1v) is 12.0. The number of nitrogens with zero attached hydrogens (tertiary/aromatic N) is 2. The Labute approximate surface area is 216 Å². The van der Waals surface area contributed by atoms with Gasteiger partial charge in [0.1, 0.15) is 5.57 Å². The Kier molecular flexibility index (Phi) is 7.00. The molecule has 1 saturated heterocycles. The molecule has 178 valence electrons. The van der Waals surface area contributed by atoms with E-state index < -0.39 is 11.8 Å². The fraction of sp³-hybridized carbons (Fsp3) is 0.154. The molecule has 0 unspecified atom stereocenters. The van der Waals surface area contributed by atoms with E-state index in [0.717, 1.165) is 27.1 Å². The third kappa shape index (κ3) is 4.82. The van der Waals surface area contributed by atoms with Crippen LogP contribution in [0.2, 0.25) is 0 Å². The number of nitrogens with one attached hydrogen (secondary N) is 1. The van der Waals surface area contributed by atoms with Crippen LogP contribution in [0.4, 0.5) is 5.69 Å². The third-order valence-electron chi connectivity index (χ3n) is 5.59. The van der Waals surface area contributed by atoms with Crippen LogP contribution in [0.1, 0.15) is 34.2 Å². The van der Waals surface area contributed by atoms with Gasteiger partial charge in [-0.05, 0) is 99.2 Å². The zero-order chi connectivity index (χ0) is 25.3. The first kappa shape index (κ1) is 24.6. The molecule has 1 aliphatic rings. The number of aromatic nitrogens is 1. The van der Waals surface area contributed by atoms with Crippen LogP contribution in [-0.4, -0.2) is 34.1 Å². The number of amides is 2. The summed E-state index contributed by atoms with van der Waals surface area (Å²) in [6.45, 7) is 5.91. The molecule has 0 saturated carbocycles. The number of rotatable bonds is 5. The van der Waals surface area contributed by atoms with Gasteiger partial charge >= 0.3 is 5.97 Å². The van der Waals surface area contributed by atoms with Crippen LogP contribution in [0.15, 0.2) is 64.6 Å². The fourth-order valence-corrected chi connectivity index (χ4v) is 4.48. The Bertz CT molecular complexity index is 1370. The van der Waals surface area contributed by atoms with Gasteiger partial charge in [-0.15, -0.1) is 0 Å². The molecule has 3 aromatic rings. The number of hydrogen-bond donors (Lipinski definition) is 1. The van der Waals surface area contributed by atoms with Crippen molar-refractivity contribution in [2.75, 3.05) is 11.5 Å². The van der Waals surface area contributed by atoms with Crippen LogP contribution in [0.5, 0.6) is 0 Å². The van der Waals surface area contributed by atoms with Gasteiger partial charge < -0.3 is 9.30 Å². The molecule has 9 heteroatoms. The average Bonchev–Trinajstić information content (AvgIpc) is 3.10. The smallest absolute Gasteiger partial charge is 0.338 e. The first-order valence-electron chi connectivity index (χ1n) is 10.8. The van der Waals surface area contributed by atoms with Crippen molar-refractivity contribution in [3.63, 3.8) is 0 Å². The Morgan fingerprint density at radius 1 is 1.06 bits per heavy atom. The lowest BCUT2D eigenvalue weighted by Crippen LogP contribution is -2.54. The van der Waals surface area contributed by atoms with E-state index in [0.29, 0.717) is 17.9 Å². The number of esters is 1. The number of anilines is 1. The summed E-state index contributed by atoms with van der Waals surface area (Å²) in [6, 6.07) is 16.1. The minimum Gasteiger partial charge on any atom is -0.462 e. The van der Waals surface area contributed by atoms with Crippen LogP contribution in [-0.2, 0) is 14.3 Å². The number of hydrogen-bond acceptors (Lipinski definition) is 5. The Morgan fingerprint density at radius 3 is 2.31 bits per heavy atom. The normalized spacial score (nSPS) is 14.9. The molecule has 2 amide bonds. The molecular formula is C26H22BrN3O4S. The van der Waals surface area contributed by atoms with Crippen molar-refractivity contribution in [3.05, 3.63) is 87.2 Å². The number of benzene rings is 2. The van der Waals surface area contributed by atoms with Crippen LogP contribution in [0, 0.1) is 13.8 Å². The summed E-state index contributed by atoms with van der Waals surface area (Å²) >= 11 is 8.65. The van der Waals surface area contributed by atoms with Crippen molar-refractivity contribution in [1.82, 2.24) is 9.88 Å². The second-order valence-corrected chi connectivity index (χ2v) is 9.17. The molecule has 0 radical (unpaired) electrons. The van der Waals surface area contributed by atoms with E-state index in [-0.39, 0.29) is 16.7 Å². The molecule has 2 aromatic carbocycles. The maximum absolute atomic E-state index is 13.3. The van der Waals surface area contributed by atoms with Crippen LogP contribution < -0.4 is 10.2 Å². The average molecular weight is 552 g/mol. The predicted molar refractivity (Wildman–Crippen MR) is 142 cm³/mol. The van der Waals surface area contributed by atoms with E-state index in [9.17, 15) is 14.4 Å². The molecule has 0 atom stereocenters. The van der Waals surface area contributed by atoms with E-state index in [1.807, 2.05) is 36.6 Å². The van der Waals surface area contributed by atoms with Crippen molar-refractivity contribution < 1.29 is 19.1 Å². The topological polar surface area (TPSA) is 80.6 Å². The summed E-state index contributed by atoms with van der Waals surface area (Å²) in [4.78, 5) is 39.3. The molecule has 0 spiro atoms. The van der Waals surface area contributed by atoms with E-state index in [2.05, 4.69) is 21.2 Å². The zero-order valence-electron chi connectivity index (χ0n) is 19.3. The lowest BCUT2D eigenvalue weighted by atomic mass is 10.1. The molecular weight excluding hydrogens is 530 g/mol. The molecule has 1 aromatic heterocycles. The predicted octanol–water partition coefficient (Wildman–Crippen LogP) is 4.86. The lowest BCUT2D eigenvalue weighted by Gasteiger charge is -2.29. The van der Waals surface area contributed by atoms with E-state index >= 15 is 0 Å². The van der Waals surface area contributed by atoms with Crippen LogP contribution >= 0.6 is 28.1 Å². The highest BCUT2D eigenvalue weighted by atomic mass is 79.9. The van der Waals surface area contributed by atoms with E-state index in [4.69, 9.17) is 17.0 Å². The molecule has 1 aliphatic heterocycles. The zero-order valence-corrected chi connectivity index (χ0v) is 21.7. The fourth-order valence-electron chi connectivity index (χ4n) is 3.93. The number of aryl methyl sites for hydroxylation is 1. The SMILES string of the molecule is CCOC(=O)c1ccc(-n2c(C)cc(/C=C3\C(=O)NC(=S)N(c4ccc(Br)cc4)C3=O)c2C)cc1. The van der Waals surface area contributed by atoms with Crippen LogP contribution in [0.25, 0.3) is 11.8 Å². The highest BCUT2D eigenvalue weighted by Gasteiger charge is 2.34. The molecule has 0 bridgehead atoms. The summed E-state index contributed by atoms with van der Waals surface area (Å²) < 4.78 is 7.90. The van der Waals surface area contributed by atoms with Gasteiger partial charge in [-0.25, -0.2) is 4.79 Å². The van der Waals surface area contributed by atoms with Crippen molar-refractivity contribution in [3.8, 4) is 5.69 Å². The summed E-state index contributed by atoms with van der Waals surface area (Å²) in [5, 5.41) is 2.64. The first-order chi connectivity index (χ1) is 16.7. The minimum absolute atomic E-state index is 0.0144.